The summed E-state index contributed by atoms with van der Waals surface area (Å²) in [5.41, 5.74) is 0.148. The lowest BCUT2D eigenvalue weighted by Gasteiger charge is -2.21. The van der Waals surface area contributed by atoms with Crippen molar-refractivity contribution >= 4 is 21.8 Å². The minimum absolute atomic E-state index is 0.0276. The van der Waals surface area contributed by atoms with Crippen LogP contribution >= 0.6 is 15.9 Å². The smallest absolute Gasteiger partial charge is 0.255 e. The maximum absolute atomic E-state index is 11.6. The van der Waals surface area contributed by atoms with Gasteiger partial charge in [0.25, 0.3) is 5.91 Å². The first-order chi connectivity index (χ1) is 6.96. The number of carbonyl (C=O) groups excluding carboxylic acids is 1. The van der Waals surface area contributed by atoms with E-state index in [4.69, 9.17) is 9.52 Å². The molecule has 1 aromatic rings. The second-order valence-corrected chi connectivity index (χ2v) is 4.83. The van der Waals surface area contributed by atoms with Crippen molar-refractivity contribution in [2.45, 2.75) is 13.8 Å². The van der Waals surface area contributed by atoms with Gasteiger partial charge < -0.3 is 14.8 Å². The lowest BCUT2D eigenvalue weighted by Crippen LogP contribution is -2.36. The fourth-order valence-corrected chi connectivity index (χ4v) is 1.35. The zero-order valence-electron chi connectivity index (χ0n) is 8.71. The van der Waals surface area contributed by atoms with E-state index in [2.05, 4.69) is 21.2 Å². The number of hydrogen-bond donors (Lipinski definition) is 2. The van der Waals surface area contributed by atoms with Crippen molar-refractivity contribution in [3.63, 3.8) is 0 Å². The number of halogens is 1. The van der Waals surface area contributed by atoms with Crippen LogP contribution in [-0.4, -0.2) is 24.2 Å². The van der Waals surface area contributed by atoms with Gasteiger partial charge in [-0.25, -0.2) is 0 Å². The zero-order chi connectivity index (χ0) is 11.5. The number of rotatable bonds is 4. The molecule has 84 valence electrons. The highest BCUT2D eigenvalue weighted by Gasteiger charge is 2.19. The van der Waals surface area contributed by atoms with Gasteiger partial charge in [0.05, 0.1) is 11.8 Å². The molecule has 1 aromatic heterocycles. The van der Waals surface area contributed by atoms with Crippen molar-refractivity contribution in [3.8, 4) is 0 Å². The van der Waals surface area contributed by atoms with Crippen LogP contribution in [0.1, 0.15) is 24.2 Å². The SMILES string of the molecule is CC(C)(CO)CNC(=O)c1ccoc1Br. The summed E-state index contributed by atoms with van der Waals surface area (Å²) in [4.78, 5) is 11.6. The van der Waals surface area contributed by atoms with E-state index in [1.165, 1.54) is 6.26 Å². The molecule has 4 nitrogen and oxygen atoms in total. The van der Waals surface area contributed by atoms with E-state index in [0.29, 0.717) is 16.8 Å². The Bertz CT molecular complexity index is 346. The fourth-order valence-electron chi connectivity index (χ4n) is 0.926. The number of nitrogens with one attached hydrogen (secondary N) is 1. The molecule has 15 heavy (non-hydrogen) atoms. The molecule has 0 bridgehead atoms. The Kier molecular flexibility index (Phi) is 3.93. The monoisotopic (exact) mass is 275 g/mol. The molecule has 0 unspecified atom stereocenters. The number of aliphatic hydroxyl groups is 1. The van der Waals surface area contributed by atoms with E-state index in [-0.39, 0.29) is 17.9 Å². The fraction of sp³-hybridized carbons (Fsp3) is 0.500. The Balaban J connectivity index is 2.55. The molecular weight excluding hydrogens is 262 g/mol. The molecule has 5 heteroatoms. The highest BCUT2D eigenvalue weighted by Crippen LogP contribution is 2.18. The zero-order valence-corrected chi connectivity index (χ0v) is 10.3. The van der Waals surface area contributed by atoms with Gasteiger partial charge in [0.15, 0.2) is 4.67 Å². The molecular formula is C10H14BrNO3. The first-order valence-corrected chi connectivity index (χ1v) is 5.37. The van der Waals surface area contributed by atoms with Crippen molar-refractivity contribution in [1.82, 2.24) is 5.32 Å². The van der Waals surface area contributed by atoms with Gasteiger partial charge >= 0.3 is 0 Å². The summed E-state index contributed by atoms with van der Waals surface area (Å²) in [5, 5.41) is 11.7. The highest BCUT2D eigenvalue weighted by atomic mass is 79.9. The molecule has 0 aliphatic rings. The van der Waals surface area contributed by atoms with Crippen LogP contribution in [0.15, 0.2) is 21.4 Å². The van der Waals surface area contributed by atoms with Crippen LogP contribution in [0.3, 0.4) is 0 Å². The Labute approximate surface area is 96.8 Å². The molecule has 1 heterocycles. The van der Waals surface area contributed by atoms with E-state index in [1.807, 2.05) is 13.8 Å². The lowest BCUT2D eigenvalue weighted by molar-refractivity contribution is 0.0909. The number of amides is 1. The lowest BCUT2D eigenvalue weighted by atomic mass is 9.95. The molecule has 1 rings (SSSR count). The standard InChI is InChI=1S/C10H14BrNO3/c1-10(2,6-13)5-12-9(14)7-3-4-15-8(7)11/h3-4,13H,5-6H2,1-2H3,(H,12,14). The quantitative estimate of drug-likeness (QED) is 0.881. The van der Waals surface area contributed by atoms with E-state index in [1.54, 1.807) is 6.07 Å². The first kappa shape index (κ1) is 12.3. The van der Waals surface area contributed by atoms with Gasteiger partial charge in [0.1, 0.15) is 0 Å². The normalized spacial score (nSPS) is 11.5. The summed E-state index contributed by atoms with van der Waals surface area (Å²) < 4.78 is 5.37. The number of furan rings is 1. The second-order valence-electron chi connectivity index (χ2n) is 4.11. The Morgan fingerprint density at radius 1 is 1.67 bits per heavy atom. The Morgan fingerprint density at radius 3 is 2.80 bits per heavy atom. The molecule has 0 aliphatic carbocycles. The highest BCUT2D eigenvalue weighted by molar-refractivity contribution is 9.10. The van der Waals surface area contributed by atoms with Gasteiger partial charge in [-0.1, -0.05) is 13.8 Å². The molecule has 0 radical (unpaired) electrons. The van der Waals surface area contributed by atoms with Crippen LogP contribution in [0.2, 0.25) is 0 Å². The van der Waals surface area contributed by atoms with Crippen molar-refractivity contribution < 1.29 is 14.3 Å². The summed E-state index contributed by atoms with van der Waals surface area (Å²) in [6.45, 7) is 4.19. The maximum atomic E-state index is 11.6. The summed E-state index contributed by atoms with van der Waals surface area (Å²) in [6, 6.07) is 1.59. The molecule has 1 amide bonds. The van der Waals surface area contributed by atoms with Crippen LogP contribution in [0, 0.1) is 5.41 Å². The van der Waals surface area contributed by atoms with Crippen molar-refractivity contribution in [1.29, 1.82) is 0 Å². The second kappa shape index (κ2) is 4.81. The first-order valence-electron chi connectivity index (χ1n) is 4.58. The summed E-state index contributed by atoms with van der Waals surface area (Å²) in [7, 11) is 0. The van der Waals surface area contributed by atoms with Gasteiger partial charge in [0, 0.05) is 18.6 Å². The summed E-state index contributed by atoms with van der Waals surface area (Å²) >= 11 is 3.13. The van der Waals surface area contributed by atoms with Crippen LogP contribution in [0.4, 0.5) is 0 Å². The van der Waals surface area contributed by atoms with Gasteiger partial charge in [-0.05, 0) is 22.0 Å². The average molecular weight is 276 g/mol. The minimum atomic E-state index is -0.314. The van der Waals surface area contributed by atoms with Crippen LogP contribution < -0.4 is 5.32 Å². The largest absolute Gasteiger partial charge is 0.457 e. The van der Waals surface area contributed by atoms with Gasteiger partial charge in [-0.15, -0.1) is 0 Å². The maximum Gasteiger partial charge on any atom is 0.255 e. The number of carbonyl (C=O) groups is 1. The van der Waals surface area contributed by atoms with Crippen LogP contribution in [-0.2, 0) is 0 Å². The molecule has 0 spiro atoms. The predicted octanol–water partition coefficient (Wildman–Crippen LogP) is 1.79. The minimum Gasteiger partial charge on any atom is -0.457 e. The van der Waals surface area contributed by atoms with E-state index in [9.17, 15) is 4.79 Å². The third-order valence-electron chi connectivity index (χ3n) is 2.02. The molecule has 2 N–H and O–H groups in total. The van der Waals surface area contributed by atoms with Crippen molar-refractivity contribution in [2.75, 3.05) is 13.2 Å². The van der Waals surface area contributed by atoms with Crippen molar-refractivity contribution in [3.05, 3.63) is 22.6 Å². The molecule has 0 saturated carbocycles. The third kappa shape index (κ3) is 3.35. The predicted molar refractivity (Wildman–Crippen MR) is 59.6 cm³/mol. The Hall–Kier alpha value is -0.810. The molecule has 0 aromatic carbocycles. The van der Waals surface area contributed by atoms with Gasteiger partial charge in [-0.3, -0.25) is 4.79 Å². The molecule has 0 fully saturated rings. The molecule has 0 atom stereocenters. The average Bonchev–Trinajstić information content (AvgIpc) is 2.61. The topological polar surface area (TPSA) is 62.5 Å². The van der Waals surface area contributed by atoms with E-state index < -0.39 is 0 Å². The van der Waals surface area contributed by atoms with Crippen LogP contribution in [0.5, 0.6) is 0 Å². The molecule has 0 saturated heterocycles. The molecule has 0 aliphatic heterocycles. The Morgan fingerprint density at radius 2 is 2.33 bits per heavy atom. The summed E-state index contributed by atoms with van der Waals surface area (Å²) in [6.07, 6.45) is 1.44. The number of aliphatic hydroxyl groups excluding tert-OH is 1. The van der Waals surface area contributed by atoms with Crippen molar-refractivity contribution in [2.24, 2.45) is 5.41 Å². The van der Waals surface area contributed by atoms with Gasteiger partial charge in [-0.2, -0.15) is 0 Å². The number of hydrogen-bond acceptors (Lipinski definition) is 3. The van der Waals surface area contributed by atoms with Gasteiger partial charge in [0.2, 0.25) is 0 Å². The van der Waals surface area contributed by atoms with Crippen LogP contribution in [0.25, 0.3) is 0 Å². The third-order valence-corrected chi connectivity index (χ3v) is 2.63. The summed E-state index contributed by atoms with van der Waals surface area (Å²) in [5.74, 6) is -0.211. The van der Waals surface area contributed by atoms with E-state index >= 15 is 0 Å². The van der Waals surface area contributed by atoms with E-state index in [0.717, 1.165) is 0 Å².